The monoisotopic (exact) mass is 521 g/mol. The number of rotatable bonds is 7. The van der Waals surface area contributed by atoms with Crippen molar-refractivity contribution in [3.63, 3.8) is 0 Å². The second-order valence-corrected chi connectivity index (χ2v) is 8.50. The quantitative estimate of drug-likeness (QED) is 0.239. The smallest absolute Gasteiger partial charge is 0.300 e. The van der Waals surface area contributed by atoms with Gasteiger partial charge in [-0.25, -0.2) is 0 Å². The van der Waals surface area contributed by atoms with Crippen LogP contribution < -0.4 is 14.4 Å². The van der Waals surface area contributed by atoms with Crippen molar-refractivity contribution in [1.82, 2.24) is 0 Å². The van der Waals surface area contributed by atoms with Crippen LogP contribution in [0.2, 0.25) is 0 Å². The van der Waals surface area contributed by atoms with Gasteiger partial charge in [0.1, 0.15) is 17.3 Å². The Hall–Kier alpha value is -3.58. The van der Waals surface area contributed by atoms with Crippen molar-refractivity contribution in [3.05, 3.63) is 94.0 Å². The molecule has 4 rings (SSSR count). The van der Waals surface area contributed by atoms with Crippen LogP contribution in [0.4, 0.5) is 5.69 Å². The van der Waals surface area contributed by atoms with Gasteiger partial charge in [-0.3, -0.25) is 14.5 Å². The summed E-state index contributed by atoms with van der Waals surface area (Å²) in [5, 5.41) is 11.4. The maximum atomic E-state index is 13.3. The first-order valence-corrected chi connectivity index (χ1v) is 11.8. The van der Waals surface area contributed by atoms with Crippen molar-refractivity contribution in [2.75, 3.05) is 18.1 Å². The minimum Gasteiger partial charge on any atom is -0.507 e. The molecule has 174 valence electrons. The summed E-state index contributed by atoms with van der Waals surface area (Å²) >= 11 is 3.40. The van der Waals surface area contributed by atoms with Gasteiger partial charge >= 0.3 is 0 Å². The number of aliphatic hydroxyl groups is 1. The van der Waals surface area contributed by atoms with E-state index in [4.69, 9.17) is 9.47 Å². The van der Waals surface area contributed by atoms with Gasteiger partial charge in [0, 0.05) is 16.2 Å². The first kappa shape index (κ1) is 23.6. The number of carbonyl (C=O) groups excluding carboxylic acids is 2. The lowest BCUT2D eigenvalue weighted by molar-refractivity contribution is -0.132. The van der Waals surface area contributed by atoms with E-state index in [2.05, 4.69) is 15.9 Å². The number of hydrogen-bond donors (Lipinski definition) is 1. The molecule has 1 heterocycles. The van der Waals surface area contributed by atoms with Crippen LogP contribution in [0.3, 0.4) is 0 Å². The van der Waals surface area contributed by atoms with E-state index in [1.165, 1.54) is 4.90 Å². The first-order valence-electron chi connectivity index (χ1n) is 11.0. The largest absolute Gasteiger partial charge is 0.507 e. The summed E-state index contributed by atoms with van der Waals surface area (Å²) in [4.78, 5) is 28.0. The molecule has 1 aliphatic heterocycles. The number of carbonyl (C=O) groups is 2. The van der Waals surface area contributed by atoms with Crippen LogP contribution in [-0.4, -0.2) is 30.0 Å². The maximum absolute atomic E-state index is 13.3. The van der Waals surface area contributed by atoms with Crippen LogP contribution in [0, 0.1) is 0 Å². The highest BCUT2D eigenvalue weighted by Gasteiger charge is 2.47. The highest BCUT2D eigenvalue weighted by Crippen LogP contribution is 2.43. The number of halogens is 1. The molecule has 1 aliphatic rings. The van der Waals surface area contributed by atoms with Gasteiger partial charge < -0.3 is 14.6 Å². The highest BCUT2D eigenvalue weighted by atomic mass is 79.9. The van der Waals surface area contributed by atoms with E-state index in [1.807, 2.05) is 44.2 Å². The summed E-state index contributed by atoms with van der Waals surface area (Å²) in [5.41, 5.74) is 1.58. The SMILES string of the molecule is CCOc1ccc(/C(O)=C2/C(=O)C(=O)N(c3ccc(Br)cc3)C2c2ccccc2)c(OCC)c1. The summed E-state index contributed by atoms with van der Waals surface area (Å²) in [5.74, 6) is -0.810. The van der Waals surface area contributed by atoms with Gasteiger partial charge in [-0.1, -0.05) is 46.3 Å². The van der Waals surface area contributed by atoms with Gasteiger partial charge in [-0.05, 0) is 55.8 Å². The zero-order chi connectivity index (χ0) is 24.2. The number of ether oxygens (including phenoxy) is 2. The molecule has 0 aromatic heterocycles. The molecule has 1 unspecified atom stereocenters. The molecule has 0 radical (unpaired) electrons. The fourth-order valence-electron chi connectivity index (χ4n) is 4.03. The molecule has 6 nitrogen and oxygen atoms in total. The molecule has 1 atom stereocenters. The van der Waals surface area contributed by atoms with Gasteiger partial charge in [0.05, 0.1) is 30.4 Å². The third-order valence-corrected chi connectivity index (χ3v) is 6.01. The molecule has 0 bridgehead atoms. The first-order chi connectivity index (χ1) is 16.5. The molecule has 0 aliphatic carbocycles. The van der Waals surface area contributed by atoms with E-state index in [1.54, 1.807) is 42.5 Å². The number of hydrogen-bond acceptors (Lipinski definition) is 5. The molecule has 0 spiro atoms. The van der Waals surface area contributed by atoms with Crippen LogP contribution in [-0.2, 0) is 9.59 Å². The average Bonchev–Trinajstić information content (AvgIpc) is 3.11. The highest BCUT2D eigenvalue weighted by molar-refractivity contribution is 9.10. The molecule has 1 amide bonds. The predicted octanol–water partition coefficient (Wildman–Crippen LogP) is 5.87. The molecule has 3 aromatic rings. The fraction of sp³-hybridized carbons (Fsp3) is 0.185. The van der Waals surface area contributed by atoms with E-state index >= 15 is 0 Å². The van der Waals surface area contributed by atoms with Gasteiger partial charge in [-0.15, -0.1) is 0 Å². The minimum atomic E-state index is -0.802. The van der Waals surface area contributed by atoms with E-state index in [0.717, 1.165) is 4.47 Å². The lowest BCUT2D eigenvalue weighted by atomic mass is 9.95. The third kappa shape index (κ3) is 4.43. The van der Waals surface area contributed by atoms with Crippen molar-refractivity contribution in [3.8, 4) is 11.5 Å². The molecule has 34 heavy (non-hydrogen) atoms. The Kier molecular flexibility index (Phi) is 7.03. The molecular formula is C27H24BrNO5. The van der Waals surface area contributed by atoms with Crippen molar-refractivity contribution in [2.24, 2.45) is 0 Å². The second-order valence-electron chi connectivity index (χ2n) is 7.58. The van der Waals surface area contributed by atoms with Crippen LogP contribution in [0.15, 0.2) is 82.8 Å². The number of Topliss-reactive ketones (excluding diaryl/α,β-unsaturated/α-hetero) is 1. The van der Waals surface area contributed by atoms with Crippen LogP contribution in [0.5, 0.6) is 11.5 Å². The van der Waals surface area contributed by atoms with Crippen molar-refractivity contribution < 1.29 is 24.2 Å². The predicted molar refractivity (Wildman–Crippen MR) is 134 cm³/mol. The lowest BCUT2D eigenvalue weighted by Crippen LogP contribution is -2.29. The van der Waals surface area contributed by atoms with Crippen molar-refractivity contribution >= 4 is 39.1 Å². The topological polar surface area (TPSA) is 76.1 Å². The standard InChI is InChI=1S/C27H24BrNO5/c1-3-33-20-14-15-21(22(16-20)34-4-2)25(30)23-24(17-8-6-5-7-9-17)29(27(32)26(23)31)19-12-10-18(28)11-13-19/h5-16,24,30H,3-4H2,1-2H3/b25-23-. The summed E-state index contributed by atoms with van der Waals surface area (Å²) in [6, 6.07) is 20.5. The minimum absolute atomic E-state index is 0.00392. The Morgan fingerprint density at radius 2 is 1.62 bits per heavy atom. The average molecular weight is 522 g/mol. The number of nitrogens with zero attached hydrogens (tertiary/aromatic N) is 1. The number of benzene rings is 3. The van der Waals surface area contributed by atoms with E-state index < -0.39 is 17.7 Å². The molecule has 1 fully saturated rings. The van der Waals surface area contributed by atoms with Crippen LogP contribution in [0.25, 0.3) is 5.76 Å². The molecule has 1 N–H and O–H groups in total. The molecule has 0 saturated carbocycles. The molecule has 7 heteroatoms. The number of ketones is 1. The summed E-state index contributed by atoms with van der Waals surface area (Å²) in [7, 11) is 0. The lowest BCUT2D eigenvalue weighted by Gasteiger charge is -2.25. The Bertz CT molecular complexity index is 1240. The summed E-state index contributed by atoms with van der Waals surface area (Å²) < 4.78 is 12.1. The Balaban J connectivity index is 1.92. The molecule has 1 saturated heterocycles. The Labute approximate surface area is 206 Å². The Morgan fingerprint density at radius 1 is 0.941 bits per heavy atom. The molecular weight excluding hydrogens is 498 g/mol. The van der Waals surface area contributed by atoms with Crippen LogP contribution >= 0.6 is 15.9 Å². The van der Waals surface area contributed by atoms with E-state index in [9.17, 15) is 14.7 Å². The summed E-state index contributed by atoms with van der Waals surface area (Å²) in [6.45, 7) is 4.53. The van der Waals surface area contributed by atoms with E-state index in [0.29, 0.717) is 41.5 Å². The van der Waals surface area contributed by atoms with Crippen LogP contribution in [0.1, 0.15) is 31.0 Å². The van der Waals surface area contributed by atoms with Gasteiger partial charge in [0.25, 0.3) is 11.7 Å². The number of aliphatic hydroxyl groups excluding tert-OH is 1. The van der Waals surface area contributed by atoms with Crippen molar-refractivity contribution in [2.45, 2.75) is 19.9 Å². The van der Waals surface area contributed by atoms with Gasteiger partial charge in [-0.2, -0.15) is 0 Å². The zero-order valence-corrected chi connectivity index (χ0v) is 20.4. The second kappa shape index (κ2) is 10.1. The summed E-state index contributed by atoms with van der Waals surface area (Å²) in [6.07, 6.45) is 0. The number of amides is 1. The number of anilines is 1. The third-order valence-electron chi connectivity index (χ3n) is 5.48. The molecule has 3 aromatic carbocycles. The van der Waals surface area contributed by atoms with Gasteiger partial charge in [0.2, 0.25) is 0 Å². The maximum Gasteiger partial charge on any atom is 0.300 e. The fourth-order valence-corrected chi connectivity index (χ4v) is 4.29. The van der Waals surface area contributed by atoms with Gasteiger partial charge in [0.15, 0.2) is 0 Å². The van der Waals surface area contributed by atoms with E-state index in [-0.39, 0.29) is 11.3 Å². The normalized spacial score (nSPS) is 17.1. The Morgan fingerprint density at radius 3 is 2.26 bits per heavy atom. The zero-order valence-electron chi connectivity index (χ0n) is 18.8. The van der Waals surface area contributed by atoms with Crippen molar-refractivity contribution in [1.29, 1.82) is 0 Å².